The second-order valence-corrected chi connectivity index (χ2v) is 15.0. The zero-order valence-corrected chi connectivity index (χ0v) is 32.3. The monoisotopic (exact) mass is 783 g/mol. The first-order valence-corrected chi connectivity index (χ1v) is 19.7. The maximum Gasteiger partial charge on any atom is 0.336 e. The number of aromatic nitrogens is 2. The number of amidine groups is 1. The first-order valence-electron chi connectivity index (χ1n) is 19.7. The molecule has 5 aromatic rings. The fourth-order valence-electron chi connectivity index (χ4n) is 8.14. The Morgan fingerprint density at radius 3 is 2.19 bits per heavy atom. The van der Waals surface area contributed by atoms with E-state index in [-0.39, 0.29) is 35.5 Å². The highest BCUT2D eigenvalue weighted by Gasteiger charge is 2.34. The summed E-state index contributed by atoms with van der Waals surface area (Å²) in [6.45, 7) is 1.78. The van der Waals surface area contributed by atoms with Crippen molar-refractivity contribution in [3.63, 3.8) is 0 Å². The number of carbonyl (C=O) groups is 3. The van der Waals surface area contributed by atoms with Gasteiger partial charge in [-0.25, -0.2) is 14.8 Å². The number of carbonyl (C=O) groups excluding carboxylic acids is 2. The standard InChI is InChI=1S/C44H49N9O5/c45-40(46)30-15-20-37-36(25-30)50-38(53(37)39(41(47)54)29-11-5-2-6-12-29)27-52(42(55)34-13-7-8-14-35(34)43(56)57)31-16-18-32(19-17-31)58-33-21-23-51(24-22-33)44(48)49-26-28-9-3-1-4-10-28/h1,3-4,7-10,13-20,25,29,33,39H,2,5-6,11-12,21-24,26-27H2,(H3,45,46)(H2,47,54)(H2,48,49)(H,56,57). The third-order valence-electron chi connectivity index (χ3n) is 11.2. The molecule has 0 radical (unpaired) electrons. The van der Waals surface area contributed by atoms with Crippen molar-refractivity contribution < 1.29 is 24.2 Å². The number of nitrogen functional groups attached to an aromatic ring is 1. The Balaban J connectivity index is 1.18. The molecule has 0 spiro atoms. The Morgan fingerprint density at radius 1 is 0.862 bits per heavy atom. The van der Waals surface area contributed by atoms with E-state index in [4.69, 9.17) is 32.3 Å². The summed E-state index contributed by atoms with van der Waals surface area (Å²) < 4.78 is 8.22. The van der Waals surface area contributed by atoms with Crippen LogP contribution in [0.2, 0.25) is 0 Å². The molecule has 300 valence electrons. The number of aromatic carboxylic acids is 1. The minimum atomic E-state index is -1.24. The van der Waals surface area contributed by atoms with Crippen molar-refractivity contribution in [2.75, 3.05) is 18.0 Å². The van der Waals surface area contributed by atoms with Crippen LogP contribution in [0.25, 0.3) is 11.0 Å². The van der Waals surface area contributed by atoms with Gasteiger partial charge in [0.05, 0.1) is 35.2 Å². The van der Waals surface area contributed by atoms with Gasteiger partial charge in [0.15, 0.2) is 5.96 Å². The van der Waals surface area contributed by atoms with Crippen LogP contribution in [0.4, 0.5) is 5.69 Å². The summed E-state index contributed by atoms with van der Waals surface area (Å²) in [7, 11) is 0. The van der Waals surface area contributed by atoms with Crippen LogP contribution in [0.5, 0.6) is 5.75 Å². The van der Waals surface area contributed by atoms with Crippen molar-refractivity contribution in [3.8, 4) is 5.75 Å². The summed E-state index contributed by atoms with van der Waals surface area (Å²) in [5.74, 6) is -0.996. The molecule has 4 aromatic carbocycles. The molecule has 58 heavy (non-hydrogen) atoms. The van der Waals surface area contributed by atoms with E-state index in [0.717, 1.165) is 50.5 Å². The number of carboxylic acids is 1. The highest BCUT2D eigenvalue weighted by molar-refractivity contribution is 6.12. The molecule has 1 aliphatic heterocycles. The molecular weight excluding hydrogens is 735 g/mol. The third kappa shape index (κ3) is 8.80. The summed E-state index contributed by atoms with van der Waals surface area (Å²) in [5, 5.41) is 18.1. The van der Waals surface area contributed by atoms with Gasteiger partial charge in [-0.15, -0.1) is 0 Å². The number of aliphatic imine (C=N–C) groups is 1. The summed E-state index contributed by atoms with van der Waals surface area (Å²) in [4.78, 5) is 53.3. The van der Waals surface area contributed by atoms with Crippen molar-refractivity contribution in [1.29, 1.82) is 5.41 Å². The zero-order chi connectivity index (χ0) is 40.8. The summed E-state index contributed by atoms with van der Waals surface area (Å²) in [6.07, 6.45) is 6.04. The van der Waals surface area contributed by atoms with Crippen LogP contribution in [0.1, 0.15) is 88.7 Å². The molecule has 1 aromatic heterocycles. The van der Waals surface area contributed by atoms with Crippen molar-refractivity contribution in [1.82, 2.24) is 14.5 Å². The van der Waals surface area contributed by atoms with Gasteiger partial charge < -0.3 is 41.4 Å². The lowest BCUT2D eigenvalue weighted by molar-refractivity contribution is -0.123. The molecule has 2 fully saturated rings. The lowest BCUT2D eigenvalue weighted by atomic mass is 9.83. The van der Waals surface area contributed by atoms with Gasteiger partial charge in [0.1, 0.15) is 29.6 Å². The Bertz CT molecular complexity index is 2310. The molecule has 0 bridgehead atoms. The molecule has 2 amide bonds. The first kappa shape index (κ1) is 39.5. The van der Waals surface area contributed by atoms with Crippen LogP contribution >= 0.6 is 0 Å². The number of ether oxygens (including phenoxy) is 1. The van der Waals surface area contributed by atoms with Gasteiger partial charge in [-0.3, -0.25) is 15.0 Å². The number of rotatable bonds is 13. The van der Waals surface area contributed by atoms with Gasteiger partial charge in [0.25, 0.3) is 5.91 Å². The fourth-order valence-corrected chi connectivity index (χ4v) is 8.14. The smallest absolute Gasteiger partial charge is 0.336 e. The minimum absolute atomic E-state index is 0.00562. The molecule has 1 atom stereocenters. The van der Waals surface area contributed by atoms with Crippen molar-refractivity contribution in [2.24, 2.45) is 28.1 Å². The fraction of sp³-hybridized carbons (Fsp3) is 0.318. The van der Waals surface area contributed by atoms with Crippen molar-refractivity contribution in [2.45, 2.75) is 70.2 Å². The minimum Gasteiger partial charge on any atom is -0.490 e. The topological polar surface area (TPSA) is 219 Å². The van der Waals surface area contributed by atoms with Gasteiger partial charge in [-0.1, -0.05) is 61.7 Å². The molecular formula is C44H49N9O5. The third-order valence-corrected chi connectivity index (χ3v) is 11.2. The van der Waals surface area contributed by atoms with Crippen molar-refractivity contribution >= 4 is 46.3 Å². The van der Waals surface area contributed by atoms with E-state index in [1.807, 2.05) is 34.9 Å². The van der Waals surface area contributed by atoms with E-state index in [2.05, 4.69) is 9.89 Å². The van der Waals surface area contributed by atoms with Crippen LogP contribution in [0, 0.1) is 11.3 Å². The van der Waals surface area contributed by atoms with Crippen LogP contribution in [-0.2, 0) is 17.9 Å². The number of nitrogens with one attached hydrogen (secondary N) is 1. The second-order valence-electron chi connectivity index (χ2n) is 15.0. The molecule has 1 saturated carbocycles. The number of piperidine rings is 1. The van der Waals surface area contributed by atoms with Crippen LogP contribution < -0.4 is 26.8 Å². The molecule has 7 rings (SSSR count). The van der Waals surface area contributed by atoms with Crippen LogP contribution in [-0.4, -0.2) is 68.3 Å². The number of nitrogens with two attached hydrogens (primary N) is 3. The van der Waals surface area contributed by atoms with Crippen LogP contribution in [0.15, 0.2) is 102 Å². The van der Waals surface area contributed by atoms with Gasteiger partial charge in [0.2, 0.25) is 5.91 Å². The highest BCUT2D eigenvalue weighted by atomic mass is 16.5. The number of carboxylic acid groups (broad SMARTS) is 1. The maximum absolute atomic E-state index is 14.6. The van der Waals surface area contributed by atoms with E-state index in [9.17, 15) is 19.5 Å². The second kappa shape index (κ2) is 17.6. The number of hydrogen-bond acceptors (Lipinski definition) is 7. The van der Waals surface area contributed by atoms with E-state index in [1.54, 1.807) is 54.6 Å². The van der Waals surface area contributed by atoms with Crippen LogP contribution in [0.3, 0.4) is 0 Å². The number of hydrogen-bond donors (Lipinski definition) is 5. The molecule has 14 heteroatoms. The number of fused-ring (bicyclic) bond motifs is 1. The number of amides is 2. The Hall–Kier alpha value is -6.70. The maximum atomic E-state index is 14.6. The predicted molar refractivity (Wildman–Crippen MR) is 223 cm³/mol. The Kier molecular flexibility index (Phi) is 12.0. The highest BCUT2D eigenvalue weighted by Crippen LogP contribution is 2.37. The molecule has 1 unspecified atom stereocenters. The van der Waals surface area contributed by atoms with E-state index in [0.29, 0.717) is 59.5 Å². The molecule has 1 saturated heterocycles. The summed E-state index contributed by atoms with van der Waals surface area (Å²) >= 11 is 0. The summed E-state index contributed by atoms with van der Waals surface area (Å²) in [6, 6.07) is 27.5. The molecule has 2 aliphatic rings. The number of anilines is 1. The Labute approximate surface area is 336 Å². The number of primary amides is 1. The number of benzene rings is 4. The summed E-state index contributed by atoms with van der Waals surface area (Å²) in [5.41, 5.74) is 21.3. The average molecular weight is 784 g/mol. The number of guanidine groups is 1. The first-order chi connectivity index (χ1) is 28.1. The van der Waals surface area contributed by atoms with Gasteiger partial charge in [0, 0.05) is 37.2 Å². The SMILES string of the molecule is N=C(N)c1ccc2c(c1)nc(CN(C(=O)c1ccccc1C(=O)O)c1ccc(OC3CCN(C(N)=NCc4ccccc4)CC3)cc1)n2C(C(N)=O)C1CCCCC1. The normalized spacial score (nSPS) is 15.9. The molecule has 8 N–H and O–H groups in total. The van der Waals surface area contributed by atoms with Gasteiger partial charge in [-0.05, 0) is 78.9 Å². The van der Waals surface area contributed by atoms with Gasteiger partial charge >= 0.3 is 5.97 Å². The lowest BCUT2D eigenvalue weighted by Gasteiger charge is -2.33. The van der Waals surface area contributed by atoms with Gasteiger partial charge in [-0.2, -0.15) is 0 Å². The average Bonchev–Trinajstić information content (AvgIpc) is 3.59. The quantitative estimate of drug-likeness (QED) is 0.0716. The van der Waals surface area contributed by atoms with E-state index in [1.165, 1.54) is 17.0 Å². The molecule has 14 nitrogen and oxygen atoms in total. The van der Waals surface area contributed by atoms with E-state index >= 15 is 0 Å². The zero-order valence-electron chi connectivity index (χ0n) is 32.3. The number of imidazole rings is 1. The largest absolute Gasteiger partial charge is 0.490 e. The number of likely N-dealkylation sites (tertiary alicyclic amines) is 1. The molecule has 1 aliphatic carbocycles. The lowest BCUT2D eigenvalue weighted by Crippen LogP contribution is -2.45. The Morgan fingerprint density at radius 2 is 1.53 bits per heavy atom. The molecule has 2 heterocycles. The van der Waals surface area contributed by atoms with Crippen molar-refractivity contribution in [3.05, 3.63) is 125 Å². The number of nitrogens with zero attached hydrogens (tertiary/aromatic N) is 5. The van der Waals surface area contributed by atoms with E-state index < -0.39 is 23.8 Å². The predicted octanol–water partition coefficient (Wildman–Crippen LogP) is 5.83.